The minimum atomic E-state index is -4.49. The predicted octanol–water partition coefficient (Wildman–Crippen LogP) is 2.24. The van der Waals surface area contributed by atoms with Gasteiger partial charge in [0.25, 0.3) is 0 Å². The molecule has 1 saturated heterocycles. The minimum Gasteiger partial charge on any atom is -0.481 e. The number of aryl methyl sites for hydroxylation is 1. The second-order valence-corrected chi connectivity index (χ2v) is 8.78. The molecule has 0 radical (unpaired) electrons. The van der Waals surface area contributed by atoms with Gasteiger partial charge in [0.15, 0.2) is 5.69 Å². The van der Waals surface area contributed by atoms with Crippen LogP contribution in [0.1, 0.15) is 43.1 Å². The molecule has 166 valence electrons. The van der Waals surface area contributed by atoms with E-state index in [0.717, 1.165) is 0 Å². The number of rotatable bonds is 5. The molecule has 2 fully saturated rings. The van der Waals surface area contributed by atoms with Crippen LogP contribution in [0.5, 0.6) is 0 Å². The second kappa shape index (κ2) is 7.86. The number of alkyl halides is 3. The van der Waals surface area contributed by atoms with Crippen molar-refractivity contribution in [3.63, 3.8) is 0 Å². The molecule has 2 aliphatic heterocycles. The Labute approximate surface area is 172 Å². The van der Waals surface area contributed by atoms with Crippen LogP contribution >= 0.6 is 0 Å². The molecule has 1 N–H and O–H groups in total. The standard InChI is InChI=1S/C20H27F3N4O3/c1-2-4-27-16-10-26(5-3-15(16)18(24-27)20(21,22)23)17(28)11-25-8-13-6-12(19(29)30)7-14(13)9-25/h12-14H,2-11H2,1H3,(H,29,30). The van der Waals surface area contributed by atoms with Crippen molar-refractivity contribution in [2.45, 2.75) is 51.9 Å². The number of hydrogen-bond donors (Lipinski definition) is 1. The number of carbonyl (C=O) groups excluding carboxylic acids is 1. The lowest BCUT2D eigenvalue weighted by atomic mass is 10.0. The number of carboxylic acid groups (broad SMARTS) is 1. The largest absolute Gasteiger partial charge is 0.481 e. The number of carboxylic acids is 1. The van der Waals surface area contributed by atoms with Crippen LogP contribution < -0.4 is 0 Å². The highest BCUT2D eigenvalue weighted by Gasteiger charge is 2.44. The molecule has 10 heteroatoms. The smallest absolute Gasteiger partial charge is 0.435 e. The average Bonchev–Trinajstić information content (AvgIpc) is 3.32. The molecule has 1 aromatic heterocycles. The maximum absolute atomic E-state index is 13.3. The van der Waals surface area contributed by atoms with Crippen LogP contribution in [0.4, 0.5) is 13.2 Å². The van der Waals surface area contributed by atoms with Crippen LogP contribution in [0.3, 0.4) is 0 Å². The normalized spacial score (nSPS) is 26.7. The Morgan fingerprint density at radius 1 is 1.20 bits per heavy atom. The molecule has 4 rings (SSSR count). The van der Waals surface area contributed by atoms with Gasteiger partial charge in [-0.2, -0.15) is 18.3 Å². The molecular formula is C20H27F3N4O3. The third-order valence-corrected chi connectivity index (χ3v) is 6.73. The molecule has 1 aromatic rings. The van der Waals surface area contributed by atoms with Crippen LogP contribution in [0, 0.1) is 17.8 Å². The zero-order valence-corrected chi connectivity index (χ0v) is 17.0. The lowest BCUT2D eigenvalue weighted by Gasteiger charge is -2.30. The second-order valence-electron chi connectivity index (χ2n) is 8.78. The van der Waals surface area contributed by atoms with Gasteiger partial charge in [-0.15, -0.1) is 0 Å². The van der Waals surface area contributed by atoms with E-state index >= 15 is 0 Å². The Kier molecular flexibility index (Phi) is 5.54. The predicted molar refractivity (Wildman–Crippen MR) is 100 cm³/mol. The number of hydrogen-bond acceptors (Lipinski definition) is 4. The van der Waals surface area contributed by atoms with Gasteiger partial charge in [-0.1, -0.05) is 6.92 Å². The summed E-state index contributed by atoms with van der Waals surface area (Å²) in [7, 11) is 0. The summed E-state index contributed by atoms with van der Waals surface area (Å²) < 4.78 is 41.4. The van der Waals surface area contributed by atoms with E-state index in [1.165, 1.54) is 4.68 Å². The van der Waals surface area contributed by atoms with E-state index in [1.807, 2.05) is 6.92 Å². The molecule has 30 heavy (non-hydrogen) atoms. The quantitative estimate of drug-likeness (QED) is 0.778. The Balaban J connectivity index is 1.40. The fourth-order valence-corrected chi connectivity index (χ4v) is 5.34. The van der Waals surface area contributed by atoms with Crippen LogP contribution in [-0.4, -0.2) is 62.7 Å². The van der Waals surface area contributed by atoms with Crippen molar-refractivity contribution in [3.05, 3.63) is 17.0 Å². The van der Waals surface area contributed by atoms with Gasteiger partial charge in [-0.05, 0) is 37.5 Å². The van der Waals surface area contributed by atoms with Gasteiger partial charge < -0.3 is 10.0 Å². The third-order valence-electron chi connectivity index (χ3n) is 6.73. The van der Waals surface area contributed by atoms with Gasteiger partial charge in [-0.25, -0.2) is 0 Å². The molecule has 3 aliphatic rings. The molecule has 0 spiro atoms. The van der Waals surface area contributed by atoms with Gasteiger partial charge in [0.2, 0.25) is 5.91 Å². The Morgan fingerprint density at radius 3 is 2.43 bits per heavy atom. The summed E-state index contributed by atoms with van der Waals surface area (Å²) in [6.45, 7) is 4.34. The van der Waals surface area contributed by atoms with Crippen molar-refractivity contribution >= 4 is 11.9 Å². The summed E-state index contributed by atoms with van der Waals surface area (Å²) in [5.74, 6) is -0.481. The molecule has 0 bridgehead atoms. The highest BCUT2D eigenvalue weighted by atomic mass is 19.4. The van der Waals surface area contributed by atoms with E-state index in [-0.39, 0.29) is 43.4 Å². The number of amides is 1. The summed E-state index contributed by atoms with van der Waals surface area (Å²) in [6.07, 6.45) is -2.35. The first-order valence-electron chi connectivity index (χ1n) is 10.6. The van der Waals surface area contributed by atoms with E-state index in [1.54, 1.807) is 4.90 Å². The van der Waals surface area contributed by atoms with E-state index < -0.39 is 17.8 Å². The molecule has 1 saturated carbocycles. The molecule has 2 unspecified atom stereocenters. The van der Waals surface area contributed by atoms with Crippen LogP contribution in [-0.2, 0) is 35.3 Å². The number of halogens is 3. The monoisotopic (exact) mass is 428 g/mol. The fraction of sp³-hybridized carbons (Fsp3) is 0.750. The number of carbonyl (C=O) groups is 2. The molecular weight excluding hydrogens is 401 g/mol. The van der Waals surface area contributed by atoms with Crippen molar-refractivity contribution in [3.8, 4) is 0 Å². The molecule has 3 heterocycles. The lowest BCUT2D eigenvalue weighted by Crippen LogP contribution is -2.43. The number of aliphatic carboxylic acids is 1. The van der Waals surface area contributed by atoms with Crippen molar-refractivity contribution in [2.75, 3.05) is 26.2 Å². The van der Waals surface area contributed by atoms with E-state index in [2.05, 4.69) is 10.00 Å². The van der Waals surface area contributed by atoms with E-state index in [0.29, 0.717) is 56.4 Å². The fourth-order valence-electron chi connectivity index (χ4n) is 5.34. The number of aromatic nitrogens is 2. The summed E-state index contributed by atoms with van der Waals surface area (Å²) in [5.41, 5.74) is -0.111. The van der Waals surface area contributed by atoms with Gasteiger partial charge in [0.05, 0.1) is 24.7 Å². The number of fused-ring (bicyclic) bond motifs is 2. The van der Waals surface area contributed by atoms with E-state index in [9.17, 15) is 27.9 Å². The van der Waals surface area contributed by atoms with Crippen molar-refractivity contribution in [2.24, 2.45) is 17.8 Å². The molecule has 2 atom stereocenters. The third kappa shape index (κ3) is 3.93. The SMILES string of the molecule is CCCn1nc(C(F)(F)F)c2c1CN(C(=O)CN1CC3CC(C(=O)O)CC3C1)CC2. The first kappa shape index (κ1) is 21.1. The van der Waals surface area contributed by atoms with Crippen LogP contribution in [0.25, 0.3) is 0 Å². The molecule has 1 aliphatic carbocycles. The first-order valence-corrected chi connectivity index (χ1v) is 10.6. The van der Waals surface area contributed by atoms with Crippen molar-refractivity contribution < 1.29 is 27.9 Å². The Morgan fingerprint density at radius 2 is 1.87 bits per heavy atom. The number of nitrogens with zero attached hydrogens (tertiary/aromatic N) is 4. The minimum absolute atomic E-state index is 0.0896. The molecule has 1 amide bonds. The summed E-state index contributed by atoms with van der Waals surface area (Å²) in [5, 5.41) is 13.0. The zero-order valence-electron chi connectivity index (χ0n) is 17.0. The maximum atomic E-state index is 13.3. The van der Waals surface area contributed by atoms with Gasteiger partial charge in [0.1, 0.15) is 0 Å². The van der Waals surface area contributed by atoms with Crippen molar-refractivity contribution in [1.82, 2.24) is 19.6 Å². The van der Waals surface area contributed by atoms with E-state index in [4.69, 9.17) is 0 Å². The molecule has 0 aromatic carbocycles. The van der Waals surface area contributed by atoms with Crippen LogP contribution in [0.15, 0.2) is 0 Å². The topological polar surface area (TPSA) is 78.7 Å². The Hall–Kier alpha value is -2.10. The average molecular weight is 428 g/mol. The summed E-state index contributed by atoms with van der Waals surface area (Å²) >= 11 is 0. The Bertz CT molecular complexity index is 824. The zero-order chi connectivity index (χ0) is 21.6. The number of likely N-dealkylation sites (tertiary alicyclic amines) is 1. The summed E-state index contributed by atoms with van der Waals surface area (Å²) in [4.78, 5) is 27.7. The first-order chi connectivity index (χ1) is 14.2. The maximum Gasteiger partial charge on any atom is 0.435 e. The lowest BCUT2D eigenvalue weighted by molar-refractivity contribution is -0.143. The van der Waals surface area contributed by atoms with Crippen molar-refractivity contribution in [1.29, 1.82) is 0 Å². The van der Waals surface area contributed by atoms with Gasteiger partial charge in [0, 0.05) is 31.7 Å². The highest BCUT2D eigenvalue weighted by Crippen LogP contribution is 2.41. The van der Waals surface area contributed by atoms with Gasteiger partial charge in [-0.3, -0.25) is 19.2 Å². The molecule has 7 nitrogen and oxygen atoms in total. The van der Waals surface area contributed by atoms with Crippen LogP contribution in [0.2, 0.25) is 0 Å². The highest BCUT2D eigenvalue weighted by molar-refractivity contribution is 5.78. The summed E-state index contributed by atoms with van der Waals surface area (Å²) in [6, 6.07) is 0. The van der Waals surface area contributed by atoms with Gasteiger partial charge >= 0.3 is 12.1 Å².